The zero-order valence-corrected chi connectivity index (χ0v) is 17.2. The minimum absolute atomic E-state index is 0. The van der Waals surface area contributed by atoms with E-state index in [0.717, 1.165) is 25.6 Å². The normalized spacial score (nSPS) is 15.7. The van der Waals surface area contributed by atoms with Gasteiger partial charge >= 0.3 is 0 Å². The number of ether oxygens (including phenoxy) is 1. The van der Waals surface area contributed by atoms with Gasteiger partial charge in [0.2, 0.25) is 0 Å². The molecule has 1 aromatic carbocycles. The third-order valence-electron chi connectivity index (χ3n) is 4.26. The minimum atomic E-state index is 0. The van der Waals surface area contributed by atoms with Crippen molar-refractivity contribution >= 4 is 29.9 Å². The Balaban J connectivity index is 0.00000288. The predicted octanol–water partition coefficient (Wildman–Crippen LogP) is 2.60. The molecule has 2 rings (SSSR count). The van der Waals surface area contributed by atoms with Gasteiger partial charge in [0, 0.05) is 33.8 Å². The SMILES string of the molecule is CN=C(NCCN1CCCCC1)NCc1ccccc1COC.I. The van der Waals surface area contributed by atoms with Crippen molar-refractivity contribution in [2.24, 2.45) is 4.99 Å². The fraction of sp³-hybridized carbons (Fsp3) is 0.611. The highest BCUT2D eigenvalue weighted by atomic mass is 127. The van der Waals surface area contributed by atoms with Crippen LogP contribution in [0.2, 0.25) is 0 Å². The van der Waals surface area contributed by atoms with E-state index >= 15 is 0 Å². The zero-order valence-electron chi connectivity index (χ0n) is 14.9. The Kier molecular flexibility index (Phi) is 11.0. The Hall–Kier alpha value is -0.860. The molecule has 1 saturated heterocycles. The summed E-state index contributed by atoms with van der Waals surface area (Å²) >= 11 is 0. The summed E-state index contributed by atoms with van der Waals surface area (Å²) in [4.78, 5) is 6.83. The second kappa shape index (κ2) is 12.5. The van der Waals surface area contributed by atoms with E-state index in [9.17, 15) is 0 Å². The van der Waals surface area contributed by atoms with Crippen molar-refractivity contribution < 1.29 is 4.74 Å². The Morgan fingerprint density at radius 2 is 1.83 bits per heavy atom. The number of halogens is 1. The quantitative estimate of drug-likeness (QED) is 0.384. The molecule has 1 fully saturated rings. The molecule has 6 heteroatoms. The zero-order chi connectivity index (χ0) is 16.3. The molecule has 0 atom stereocenters. The van der Waals surface area contributed by atoms with Crippen molar-refractivity contribution in [3.05, 3.63) is 35.4 Å². The van der Waals surface area contributed by atoms with Crippen molar-refractivity contribution in [3.8, 4) is 0 Å². The van der Waals surface area contributed by atoms with Crippen LogP contribution in [0.5, 0.6) is 0 Å². The van der Waals surface area contributed by atoms with Crippen molar-refractivity contribution in [1.29, 1.82) is 0 Å². The molecule has 1 aliphatic rings. The number of aliphatic imine (C=N–C) groups is 1. The number of hydrogen-bond donors (Lipinski definition) is 2. The molecule has 0 bridgehead atoms. The van der Waals surface area contributed by atoms with Gasteiger partial charge in [0.15, 0.2) is 5.96 Å². The number of methoxy groups -OCH3 is 1. The summed E-state index contributed by atoms with van der Waals surface area (Å²) in [7, 11) is 3.54. The lowest BCUT2D eigenvalue weighted by Gasteiger charge is -2.26. The summed E-state index contributed by atoms with van der Waals surface area (Å²) in [5.41, 5.74) is 2.46. The number of likely N-dealkylation sites (tertiary alicyclic amines) is 1. The minimum Gasteiger partial charge on any atom is -0.380 e. The van der Waals surface area contributed by atoms with Crippen molar-refractivity contribution in [1.82, 2.24) is 15.5 Å². The van der Waals surface area contributed by atoms with Gasteiger partial charge in [-0.15, -0.1) is 24.0 Å². The van der Waals surface area contributed by atoms with E-state index in [0.29, 0.717) is 6.61 Å². The van der Waals surface area contributed by atoms with Crippen LogP contribution in [0, 0.1) is 0 Å². The van der Waals surface area contributed by atoms with Crippen molar-refractivity contribution in [2.45, 2.75) is 32.4 Å². The van der Waals surface area contributed by atoms with E-state index in [-0.39, 0.29) is 24.0 Å². The van der Waals surface area contributed by atoms with Crippen LogP contribution in [0.3, 0.4) is 0 Å². The molecular formula is C18H31IN4O. The van der Waals surface area contributed by atoms with Crippen LogP contribution >= 0.6 is 24.0 Å². The van der Waals surface area contributed by atoms with Gasteiger partial charge in [-0.3, -0.25) is 4.99 Å². The van der Waals surface area contributed by atoms with Gasteiger partial charge in [-0.05, 0) is 37.1 Å². The summed E-state index contributed by atoms with van der Waals surface area (Å²) in [5, 5.41) is 6.79. The Bertz CT molecular complexity index is 490. The van der Waals surface area contributed by atoms with Crippen LogP contribution in [0.1, 0.15) is 30.4 Å². The largest absolute Gasteiger partial charge is 0.380 e. The number of nitrogens with zero attached hydrogens (tertiary/aromatic N) is 2. The van der Waals surface area contributed by atoms with E-state index in [1.54, 1.807) is 7.11 Å². The molecule has 0 radical (unpaired) electrons. The van der Waals surface area contributed by atoms with Gasteiger partial charge in [-0.1, -0.05) is 30.7 Å². The predicted molar refractivity (Wildman–Crippen MR) is 111 cm³/mol. The van der Waals surface area contributed by atoms with Gasteiger partial charge in [0.25, 0.3) is 0 Å². The lowest BCUT2D eigenvalue weighted by molar-refractivity contribution is 0.184. The molecule has 0 aromatic heterocycles. The molecule has 1 heterocycles. The van der Waals surface area contributed by atoms with E-state index in [4.69, 9.17) is 4.74 Å². The van der Waals surface area contributed by atoms with Gasteiger partial charge in [-0.25, -0.2) is 0 Å². The molecule has 5 nitrogen and oxygen atoms in total. The standard InChI is InChI=1S/C18H30N4O.HI/c1-19-18(20-10-13-22-11-6-3-7-12-22)21-14-16-8-4-5-9-17(16)15-23-2;/h4-5,8-9H,3,6-7,10-15H2,1-2H3,(H2,19,20,21);1H. The lowest BCUT2D eigenvalue weighted by Crippen LogP contribution is -2.42. The molecule has 0 unspecified atom stereocenters. The second-order valence-electron chi connectivity index (χ2n) is 5.96. The highest BCUT2D eigenvalue weighted by Gasteiger charge is 2.09. The summed E-state index contributed by atoms with van der Waals surface area (Å²) < 4.78 is 5.25. The number of hydrogen-bond acceptors (Lipinski definition) is 3. The van der Waals surface area contributed by atoms with Crippen LogP contribution in [0.15, 0.2) is 29.3 Å². The first-order chi connectivity index (χ1) is 11.3. The highest BCUT2D eigenvalue weighted by Crippen LogP contribution is 2.09. The molecule has 2 N–H and O–H groups in total. The van der Waals surface area contributed by atoms with Gasteiger partial charge in [0.1, 0.15) is 0 Å². The maximum absolute atomic E-state index is 5.25. The molecule has 0 amide bonds. The average molecular weight is 446 g/mol. The molecular weight excluding hydrogens is 415 g/mol. The number of piperidine rings is 1. The molecule has 0 saturated carbocycles. The van der Waals surface area contributed by atoms with Gasteiger partial charge < -0.3 is 20.3 Å². The third-order valence-corrected chi connectivity index (χ3v) is 4.26. The third kappa shape index (κ3) is 7.36. The van der Waals surface area contributed by atoms with E-state index in [1.807, 2.05) is 13.1 Å². The first-order valence-corrected chi connectivity index (χ1v) is 8.56. The highest BCUT2D eigenvalue weighted by molar-refractivity contribution is 14.0. The second-order valence-corrected chi connectivity index (χ2v) is 5.96. The van der Waals surface area contributed by atoms with Crippen LogP contribution in [0.4, 0.5) is 0 Å². The average Bonchev–Trinajstić information content (AvgIpc) is 2.60. The summed E-state index contributed by atoms with van der Waals surface area (Å²) in [6.07, 6.45) is 4.06. The number of rotatable bonds is 7. The number of benzene rings is 1. The fourth-order valence-corrected chi connectivity index (χ4v) is 2.94. The Morgan fingerprint density at radius 1 is 1.12 bits per heavy atom. The first kappa shape index (κ1) is 21.2. The number of guanidine groups is 1. The van der Waals surface area contributed by atoms with E-state index < -0.39 is 0 Å². The fourth-order valence-electron chi connectivity index (χ4n) is 2.94. The smallest absolute Gasteiger partial charge is 0.191 e. The lowest BCUT2D eigenvalue weighted by atomic mass is 10.1. The monoisotopic (exact) mass is 446 g/mol. The van der Waals surface area contributed by atoms with Gasteiger partial charge in [-0.2, -0.15) is 0 Å². The van der Waals surface area contributed by atoms with Crippen LogP contribution in [-0.4, -0.2) is 51.2 Å². The van der Waals surface area contributed by atoms with E-state index in [1.165, 1.54) is 43.5 Å². The summed E-state index contributed by atoms with van der Waals surface area (Å²) in [5.74, 6) is 0.856. The molecule has 24 heavy (non-hydrogen) atoms. The Morgan fingerprint density at radius 3 is 2.50 bits per heavy atom. The van der Waals surface area contributed by atoms with Crippen LogP contribution < -0.4 is 10.6 Å². The van der Waals surface area contributed by atoms with Gasteiger partial charge in [0.05, 0.1) is 6.61 Å². The maximum atomic E-state index is 5.25. The van der Waals surface area contributed by atoms with Crippen molar-refractivity contribution in [2.75, 3.05) is 40.3 Å². The van der Waals surface area contributed by atoms with Crippen molar-refractivity contribution in [3.63, 3.8) is 0 Å². The molecule has 0 spiro atoms. The Labute approximate surface area is 163 Å². The first-order valence-electron chi connectivity index (χ1n) is 8.56. The van der Waals surface area contributed by atoms with Crippen LogP contribution in [-0.2, 0) is 17.9 Å². The molecule has 0 aliphatic carbocycles. The molecule has 1 aliphatic heterocycles. The topological polar surface area (TPSA) is 48.9 Å². The summed E-state index contributed by atoms with van der Waals surface area (Å²) in [6.45, 7) is 5.87. The van der Waals surface area contributed by atoms with Crippen LogP contribution in [0.25, 0.3) is 0 Å². The number of nitrogens with one attached hydrogen (secondary N) is 2. The van der Waals surface area contributed by atoms with E-state index in [2.05, 4.69) is 38.7 Å². The summed E-state index contributed by atoms with van der Waals surface area (Å²) in [6, 6.07) is 8.34. The molecule has 1 aromatic rings. The molecule has 136 valence electrons. The maximum Gasteiger partial charge on any atom is 0.191 e.